The third-order valence-electron chi connectivity index (χ3n) is 3.86. The Hall–Kier alpha value is 0.590. The quantitative estimate of drug-likeness (QED) is 0.172. The first kappa shape index (κ1) is 25.6. The molecule has 6 unspecified atom stereocenters. The summed E-state index contributed by atoms with van der Waals surface area (Å²) in [7, 11) is 0. The average Bonchev–Trinajstić information content (AvgIpc) is 2.58. The summed E-state index contributed by atoms with van der Waals surface area (Å²) in [6, 6.07) is 0. The molecule has 152 valence electrons. The molecule has 7 nitrogen and oxygen atoms in total. The molecule has 0 radical (unpaired) electrons. The molecule has 10 heteroatoms. The van der Waals surface area contributed by atoms with Gasteiger partial charge in [-0.25, -0.2) is 0 Å². The van der Waals surface area contributed by atoms with E-state index in [1.54, 1.807) is 6.92 Å². The maximum Gasteiger partial charge on any atom is 0.200 e. The highest BCUT2D eigenvalue weighted by atomic mass is 35.5. The van der Waals surface area contributed by atoms with Crippen LogP contribution in [0.3, 0.4) is 0 Å². The van der Waals surface area contributed by atoms with Crippen molar-refractivity contribution in [1.29, 1.82) is 0 Å². The summed E-state index contributed by atoms with van der Waals surface area (Å²) in [5, 5.41) is 61.8. The van der Waals surface area contributed by atoms with Crippen LogP contribution in [0.1, 0.15) is 32.6 Å². The second-order valence-corrected chi connectivity index (χ2v) is 7.07. The maximum atomic E-state index is 11.1. The van der Waals surface area contributed by atoms with Crippen LogP contribution in [-0.4, -0.2) is 90.7 Å². The molecule has 0 aliphatic carbocycles. The van der Waals surface area contributed by atoms with Gasteiger partial charge in [-0.1, -0.05) is 6.92 Å². The van der Waals surface area contributed by atoms with Crippen LogP contribution in [0, 0.1) is 0 Å². The number of aliphatic hydroxyl groups is 6. The number of halogens is 3. The lowest BCUT2D eigenvalue weighted by Gasteiger charge is -2.47. The lowest BCUT2D eigenvalue weighted by molar-refractivity contribution is -0.337. The fraction of sp³-hybridized carbons (Fsp3) is 1.00. The Balaban J connectivity index is 5.78. The number of hydrogen-bond donors (Lipinski definition) is 6. The van der Waals surface area contributed by atoms with Gasteiger partial charge in [-0.3, -0.25) is 0 Å². The van der Waals surface area contributed by atoms with E-state index >= 15 is 0 Å². The molecule has 0 aromatic rings. The molecule has 6 atom stereocenters. The summed E-state index contributed by atoms with van der Waals surface area (Å²) in [5.74, 6) is -3.15. The smallest absolute Gasteiger partial charge is 0.200 e. The van der Waals surface area contributed by atoms with E-state index in [-0.39, 0.29) is 30.7 Å². The summed E-state index contributed by atoms with van der Waals surface area (Å²) >= 11 is 16.7. The fourth-order valence-corrected chi connectivity index (χ4v) is 2.83. The second-order valence-electron chi connectivity index (χ2n) is 6.14. The van der Waals surface area contributed by atoms with Gasteiger partial charge in [0.2, 0.25) is 0 Å². The molecule has 0 aromatic carbocycles. The predicted molar refractivity (Wildman–Crippen MR) is 96.2 cm³/mol. The Bertz CT molecular complexity index is 366. The summed E-state index contributed by atoms with van der Waals surface area (Å²) < 4.78 is 5.36. The van der Waals surface area contributed by atoms with E-state index in [0.29, 0.717) is 6.42 Å². The van der Waals surface area contributed by atoms with Crippen molar-refractivity contribution in [3.63, 3.8) is 0 Å². The van der Waals surface area contributed by atoms with Crippen molar-refractivity contribution in [2.45, 2.75) is 68.4 Å². The van der Waals surface area contributed by atoms with Gasteiger partial charge in [0.25, 0.3) is 0 Å². The second kappa shape index (κ2) is 12.1. The molecule has 0 aliphatic rings. The van der Waals surface area contributed by atoms with Gasteiger partial charge in [0.05, 0.1) is 24.4 Å². The van der Waals surface area contributed by atoms with Crippen LogP contribution >= 0.6 is 34.8 Å². The first-order valence-corrected chi connectivity index (χ1v) is 9.69. The van der Waals surface area contributed by atoms with Gasteiger partial charge in [-0.05, 0) is 6.42 Å². The predicted octanol–water partition coefficient (Wildman–Crippen LogP) is 0.163. The van der Waals surface area contributed by atoms with Crippen LogP contribution in [-0.2, 0) is 4.74 Å². The molecule has 0 fully saturated rings. The average molecular weight is 428 g/mol. The summed E-state index contributed by atoms with van der Waals surface area (Å²) in [6.45, 7) is 1.77. The summed E-state index contributed by atoms with van der Waals surface area (Å²) in [4.78, 5) is 0. The summed E-state index contributed by atoms with van der Waals surface area (Å²) in [5.41, 5.74) is -2.43. The fourth-order valence-electron chi connectivity index (χ4n) is 2.49. The first-order chi connectivity index (χ1) is 11.6. The standard InChI is InChI=1S/C15H29Cl3O7/c1-2-3-25-15(24,6-12(21)9-18)14(23,5-11(20)8-17)13(22)4-10(19)7-16/h10-13,19-24H,2-9H2,1H3. The minimum atomic E-state index is -2.43. The molecule has 0 aliphatic heterocycles. The van der Waals surface area contributed by atoms with Crippen LogP contribution < -0.4 is 0 Å². The monoisotopic (exact) mass is 426 g/mol. The third kappa shape index (κ3) is 7.62. The van der Waals surface area contributed by atoms with E-state index in [9.17, 15) is 30.6 Å². The Labute approximate surface area is 163 Å². The van der Waals surface area contributed by atoms with Crippen LogP contribution in [0.4, 0.5) is 0 Å². The van der Waals surface area contributed by atoms with Crippen molar-refractivity contribution in [3.8, 4) is 0 Å². The lowest BCUT2D eigenvalue weighted by Crippen LogP contribution is -2.65. The number of ether oxygens (including phenoxy) is 1. The largest absolute Gasteiger partial charge is 0.392 e. The van der Waals surface area contributed by atoms with Gasteiger partial charge in [0.1, 0.15) is 5.60 Å². The van der Waals surface area contributed by atoms with E-state index in [0.717, 1.165) is 0 Å². The molecule has 0 amide bonds. The molecule has 0 spiro atoms. The lowest BCUT2D eigenvalue weighted by atomic mass is 9.77. The van der Waals surface area contributed by atoms with Crippen molar-refractivity contribution in [2.24, 2.45) is 0 Å². The zero-order valence-electron chi connectivity index (χ0n) is 14.2. The molecule has 0 saturated carbocycles. The van der Waals surface area contributed by atoms with Crippen molar-refractivity contribution in [2.75, 3.05) is 24.2 Å². The zero-order chi connectivity index (χ0) is 19.7. The van der Waals surface area contributed by atoms with Gasteiger partial charge in [0, 0.05) is 43.5 Å². The summed E-state index contributed by atoms with van der Waals surface area (Å²) in [6.07, 6.45) is -6.38. The molecular weight excluding hydrogens is 399 g/mol. The number of rotatable bonds is 14. The van der Waals surface area contributed by atoms with Gasteiger partial charge in [-0.15, -0.1) is 34.8 Å². The third-order valence-corrected chi connectivity index (χ3v) is 4.93. The first-order valence-electron chi connectivity index (χ1n) is 8.09. The number of hydrogen-bond acceptors (Lipinski definition) is 7. The highest BCUT2D eigenvalue weighted by molar-refractivity contribution is 6.18. The van der Waals surface area contributed by atoms with Crippen molar-refractivity contribution in [3.05, 3.63) is 0 Å². The van der Waals surface area contributed by atoms with Crippen LogP contribution in [0.15, 0.2) is 0 Å². The zero-order valence-corrected chi connectivity index (χ0v) is 16.5. The highest BCUT2D eigenvalue weighted by Gasteiger charge is 2.56. The Morgan fingerprint density at radius 2 is 1.32 bits per heavy atom. The normalized spacial score (nSPS) is 21.8. The molecule has 0 heterocycles. The molecule has 25 heavy (non-hydrogen) atoms. The minimum absolute atomic E-state index is 0.00949. The van der Waals surface area contributed by atoms with E-state index in [2.05, 4.69) is 0 Å². The van der Waals surface area contributed by atoms with Crippen LogP contribution in [0.25, 0.3) is 0 Å². The van der Waals surface area contributed by atoms with Crippen LogP contribution in [0.2, 0.25) is 0 Å². The molecule has 6 N–H and O–H groups in total. The van der Waals surface area contributed by atoms with Gasteiger partial charge in [0.15, 0.2) is 5.79 Å². The van der Waals surface area contributed by atoms with Gasteiger partial charge >= 0.3 is 0 Å². The SMILES string of the molecule is CCCOC(O)(CC(O)CCl)C(O)(CC(O)CCl)C(O)CC(O)CCl. The van der Waals surface area contributed by atoms with Gasteiger partial charge < -0.3 is 35.4 Å². The van der Waals surface area contributed by atoms with Crippen molar-refractivity contribution >= 4 is 34.8 Å². The topological polar surface area (TPSA) is 131 Å². The molecule has 0 aromatic heterocycles. The highest BCUT2D eigenvalue weighted by Crippen LogP contribution is 2.38. The Morgan fingerprint density at radius 1 is 0.840 bits per heavy atom. The Morgan fingerprint density at radius 3 is 1.76 bits per heavy atom. The maximum absolute atomic E-state index is 11.1. The molecule has 0 bridgehead atoms. The van der Waals surface area contributed by atoms with E-state index in [4.69, 9.17) is 39.5 Å². The van der Waals surface area contributed by atoms with Gasteiger partial charge in [-0.2, -0.15) is 0 Å². The van der Waals surface area contributed by atoms with E-state index < -0.39 is 48.6 Å². The van der Waals surface area contributed by atoms with Crippen molar-refractivity contribution < 1.29 is 35.4 Å². The molecule has 0 rings (SSSR count). The number of alkyl halides is 3. The molecule has 0 saturated heterocycles. The van der Waals surface area contributed by atoms with Crippen LogP contribution in [0.5, 0.6) is 0 Å². The Kier molecular flexibility index (Phi) is 12.4. The minimum Gasteiger partial charge on any atom is -0.392 e. The van der Waals surface area contributed by atoms with Crippen molar-refractivity contribution in [1.82, 2.24) is 0 Å². The molecular formula is C15H29Cl3O7. The van der Waals surface area contributed by atoms with E-state index in [1.807, 2.05) is 0 Å². The number of aliphatic hydroxyl groups excluding tert-OH is 4. The van der Waals surface area contributed by atoms with E-state index in [1.165, 1.54) is 0 Å².